The molecule has 14 heavy (non-hydrogen) atoms. The van der Waals surface area contributed by atoms with Crippen molar-refractivity contribution < 1.29 is 0 Å². The minimum atomic E-state index is 0. The van der Waals surface area contributed by atoms with Crippen LogP contribution in [0.4, 0.5) is 0 Å². The molecule has 88 valence electrons. The predicted molar refractivity (Wildman–Crippen MR) is 68.6 cm³/mol. The third-order valence-electron chi connectivity index (χ3n) is 4.16. The first-order valence-corrected chi connectivity index (χ1v) is 5.33. The van der Waals surface area contributed by atoms with E-state index in [1.165, 1.54) is 12.8 Å². The van der Waals surface area contributed by atoms with Crippen molar-refractivity contribution >= 4 is 0 Å². The third kappa shape index (κ3) is 2.52. The molecule has 0 nitrogen and oxygen atoms in total. The molecule has 0 radical (unpaired) electrons. The molecular formula is C14H32. The van der Waals surface area contributed by atoms with Crippen molar-refractivity contribution in [3.63, 3.8) is 0 Å². The van der Waals surface area contributed by atoms with Crippen molar-refractivity contribution in [3.8, 4) is 0 Å². The van der Waals surface area contributed by atoms with Gasteiger partial charge in [0.2, 0.25) is 0 Å². The van der Waals surface area contributed by atoms with E-state index in [0.29, 0.717) is 0 Å². The normalized spacial score (nSPS) is 38.1. The van der Waals surface area contributed by atoms with E-state index in [0.717, 1.165) is 23.7 Å². The summed E-state index contributed by atoms with van der Waals surface area (Å²) >= 11 is 0. The average molecular weight is 200 g/mol. The van der Waals surface area contributed by atoms with Crippen LogP contribution in [0.15, 0.2) is 0 Å². The molecule has 2 bridgehead atoms. The second-order valence-corrected chi connectivity index (χ2v) is 4.64. The zero-order valence-corrected chi connectivity index (χ0v) is 7.84. The Hall–Kier alpha value is 0. The Morgan fingerprint density at radius 2 is 1.57 bits per heavy atom. The molecule has 2 aliphatic rings. The first kappa shape index (κ1) is 16.4. The lowest BCUT2D eigenvalue weighted by Crippen LogP contribution is -2.19. The molecule has 0 aromatic heterocycles. The highest BCUT2D eigenvalue weighted by Gasteiger charge is 2.44. The van der Waals surface area contributed by atoms with E-state index in [1.54, 1.807) is 19.3 Å². The van der Waals surface area contributed by atoms with Crippen molar-refractivity contribution in [1.82, 2.24) is 0 Å². The summed E-state index contributed by atoms with van der Waals surface area (Å²) in [6.07, 6.45) is 7.58. The summed E-state index contributed by atoms with van der Waals surface area (Å²) in [4.78, 5) is 0. The molecule has 0 aromatic carbocycles. The van der Waals surface area contributed by atoms with Gasteiger partial charge in [-0.1, -0.05) is 49.0 Å². The summed E-state index contributed by atoms with van der Waals surface area (Å²) in [5.41, 5.74) is 0. The van der Waals surface area contributed by atoms with Crippen LogP contribution >= 0.6 is 0 Å². The second-order valence-electron chi connectivity index (χ2n) is 4.64. The van der Waals surface area contributed by atoms with Crippen LogP contribution in [0, 0.1) is 23.7 Å². The molecule has 0 spiro atoms. The fourth-order valence-corrected chi connectivity index (χ4v) is 3.53. The van der Waals surface area contributed by atoms with Gasteiger partial charge < -0.3 is 0 Å². The van der Waals surface area contributed by atoms with Crippen LogP contribution in [0.3, 0.4) is 0 Å². The maximum absolute atomic E-state index is 2.49. The van der Waals surface area contributed by atoms with E-state index in [-0.39, 0.29) is 22.3 Å². The summed E-state index contributed by atoms with van der Waals surface area (Å²) in [5, 5.41) is 0. The molecule has 2 fully saturated rings. The predicted octanol–water partition coefficient (Wildman–Crippen LogP) is 5.38. The molecule has 0 aromatic rings. The molecule has 2 saturated carbocycles. The summed E-state index contributed by atoms with van der Waals surface area (Å²) < 4.78 is 0. The molecule has 0 amide bonds. The zero-order chi connectivity index (χ0) is 7.84. The van der Waals surface area contributed by atoms with Crippen molar-refractivity contribution in [3.05, 3.63) is 0 Å². The topological polar surface area (TPSA) is 0 Å². The lowest BCUT2D eigenvalue weighted by molar-refractivity contribution is 0.224. The highest BCUT2D eigenvalue weighted by Crippen LogP contribution is 2.53. The summed E-state index contributed by atoms with van der Waals surface area (Å²) in [6, 6.07) is 0. The minimum Gasteiger partial charge on any atom is -0.0776 e. The van der Waals surface area contributed by atoms with Gasteiger partial charge in [-0.15, -0.1) is 0 Å². The number of fused-ring (bicyclic) bond motifs is 2. The first-order chi connectivity index (χ1) is 5.33. The van der Waals surface area contributed by atoms with Crippen LogP contribution in [0.1, 0.15) is 68.2 Å². The van der Waals surface area contributed by atoms with E-state index >= 15 is 0 Å². The van der Waals surface area contributed by atoms with Crippen LogP contribution in [0.25, 0.3) is 0 Å². The Morgan fingerprint density at radius 3 is 2.00 bits per heavy atom. The molecule has 4 atom stereocenters. The largest absolute Gasteiger partial charge is 0.0776 e. The lowest BCUT2D eigenvalue weighted by atomic mass is 9.78. The Balaban J connectivity index is 0. The van der Waals surface area contributed by atoms with Crippen LogP contribution in [-0.4, -0.2) is 0 Å². The molecular weight excluding hydrogens is 168 g/mol. The first-order valence-electron chi connectivity index (χ1n) is 5.33. The van der Waals surface area contributed by atoms with Gasteiger partial charge >= 0.3 is 0 Å². The van der Waals surface area contributed by atoms with Crippen molar-refractivity contribution in [2.75, 3.05) is 0 Å². The molecule has 4 unspecified atom stereocenters. The standard InChI is InChI=1S/C11H20.3CH4/c1-3-4-11-8(2)9-5-6-10(11)7-9;;;/h8-11H,3-7H2,1-2H3;3*1H4. The van der Waals surface area contributed by atoms with Crippen molar-refractivity contribution in [2.45, 2.75) is 68.2 Å². The Kier molecular flexibility index (Phi) is 7.60. The van der Waals surface area contributed by atoms with E-state index in [1.807, 2.05) is 0 Å². The van der Waals surface area contributed by atoms with Crippen molar-refractivity contribution in [1.29, 1.82) is 0 Å². The fraction of sp³-hybridized carbons (Fsp3) is 1.00. The molecule has 2 aliphatic carbocycles. The molecule has 0 heterocycles. The van der Waals surface area contributed by atoms with Gasteiger partial charge in [0.15, 0.2) is 0 Å². The van der Waals surface area contributed by atoms with Crippen LogP contribution < -0.4 is 0 Å². The lowest BCUT2D eigenvalue weighted by Gasteiger charge is -2.27. The number of hydrogen-bond acceptors (Lipinski definition) is 0. The summed E-state index contributed by atoms with van der Waals surface area (Å²) in [7, 11) is 0. The molecule has 0 N–H and O–H groups in total. The molecule has 0 aliphatic heterocycles. The smallest absolute Gasteiger partial charge is 0.0357 e. The maximum Gasteiger partial charge on any atom is -0.0357 e. The Labute approximate surface area is 92.5 Å². The van der Waals surface area contributed by atoms with Gasteiger partial charge in [-0.05, 0) is 42.9 Å². The van der Waals surface area contributed by atoms with Gasteiger partial charge in [-0.25, -0.2) is 0 Å². The minimum absolute atomic E-state index is 0. The van der Waals surface area contributed by atoms with Crippen molar-refractivity contribution in [2.24, 2.45) is 23.7 Å². The van der Waals surface area contributed by atoms with Crippen LogP contribution in [-0.2, 0) is 0 Å². The zero-order valence-electron chi connectivity index (χ0n) is 7.84. The SMILES string of the molecule is C.C.C.CCCC1C2CCC(C2)C1C. The average Bonchev–Trinajstić information content (AvgIpc) is 2.54. The van der Waals surface area contributed by atoms with Gasteiger partial charge in [0, 0.05) is 0 Å². The highest BCUT2D eigenvalue weighted by molar-refractivity contribution is 4.93. The van der Waals surface area contributed by atoms with Gasteiger partial charge in [0.1, 0.15) is 0 Å². The second kappa shape index (κ2) is 6.48. The molecule has 0 heteroatoms. The molecule has 0 saturated heterocycles. The number of rotatable bonds is 2. The van der Waals surface area contributed by atoms with Gasteiger partial charge in [-0.2, -0.15) is 0 Å². The summed E-state index contributed by atoms with van der Waals surface area (Å²) in [6.45, 7) is 4.82. The van der Waals surface area contributed by atoms with Gasteiger partial charge in [0.05, 0.1) is 0 Å². The maximum atomic E-state index is 2.49. The number of hydrogen-bond donors (Lipinski definition) is 0. The van der Waals surface area contributed by atoms with E-state index in [4.69, 9.17) is 0 Å². The van der Waals surface area contributed by atoms with Gasteiger partial charge in [0.25, 0.3) is 0 Å². The Bertz CT molecular complexity index is 137. The quantitative estimate of drug-likeness (QED) is 0.561. The monoisotopic (exact) mass is 200 g/mol. The van der Waals surface area contributed by atoms with E-state index in [2.05, 4.69) is 13.8 Å². The van der Waals surface area contributed by atoms with Gasteiger partial charge in [-0.3, -0.25) is 0 Å². The Morgan fingerprint density at radius 1 is 1.00 bits per heavy atom. The van der Waals surface area contributed by atoms with Crippen LogP contribution in [0.5, 0.6) is 0 Å². The summed E-state index contributed by atoms with van der Waals surface area (Å²) in [5.74, 6) is 4.43. The third-order valence-corrected chi connectivity index (χ3v) is 4.16. The van der Waals surface area contributed by atoms with Crippen LogP contribution in [0.2, 0.25) is 0 Å². The van der Waals surface area contributed by atoms with E-state index in [9.17, 15) is 0 Å². The fourth-order valence-electron chi connectivity index (χ4n) is 3.53. The highest BCUT2D eigenvalue weighted by atomic mass is 14.5. The van der Waals surface area contributed by atoms with E-state index < -0.39 is 0 Å². The molecule has 2 rings (SSSR count).